The van der Waals surface area contributed by atoms with Gasteiger partial charge >= 0.3 is 0 Å². The van der Waals surface area contributed by atoms with Crippen LogP contribution in [0.3, 0.4) is 0 Å². The first-order chi connectivity index (χ1) is 10.2. The minimum atomic E-state index is -0.625. The Morgan fingerprint density at radius 3 is 2.67 bits per heavy atom. The first-order valence-electron chi connectivity index (χ1n) is 7.27. The Hall–Kier alpha value is -1.45. The molecule has 106 valence electrons. The number of rotatable bonds is 1. The fourth-order valence-corrected chi connectivity index (χ4v) is 3.62. The van der Waals surface area contributed by atoms with Crippen LogP contribution in [0.5, 0.6) is 0 Å². The van der Waals surface area contributed by atoms with Crippen molar-refractivity contribution in [3.8, 4) is 0 Å². The third-order valence-electron chi connectivity index (χ3n) is 4.51. The number of hydrogen-bond acceptors (Lipinski definition) is 2. The normalized spacial score (nSPS) is 27.3. The van der Waals surface area contributed by atoms with Gasteiger partial charge in [-0.15, -0.1) is 0 Å². The van der Waals surface area contributed by atoms with E-state index in [2.05, 4.69) is 22.0 Å². The van der Waals surface area contributed by atoms with Crippen LogP contribution >= 0.6 is 15.9 Å². The average Bonchev–Trinajstić information content (AvgIpc) is 3.25. The van der Waals surface area contributed by atoms with Crippen molar-refractivity contribution in [3.05, 3.63) is 69.7 Å². The topological polar surface area (TPSA) is 29.6 Å². The lowest BCUT2D eigenvalue weighted by molar-refractivity contribution is 0.0867. The van der Waals surface area contributed by atoms with E-state index in [1.165, 1.54) is 0 Å². The van der Waals surface area contributed by atoms with Gasteiger partial charge in [0, 0.05) is 10.0 Å². The zero-order valence-corrected chi connectivity index (χ0v) is 13.1. The van der Waals surface area contributed by atoms with Crippen LogP contribution in [0.1, 0.15) is 40.4 Å². The van der Waals surface area contributed by atoms with Crippen LogP contribution in [-0.2, 0) is 11.2 Å². The summed E-state index contributed by atoms with van der Waals surface area (Å²) in [4.78, 5) is 12.9. The maximum absolute atomic E-state index is 12.9. The van der Waals surface area contributed by atoms with E-state index in [9.17, 15) is 4.79 Å². The van der Waals surface area contributed by atoms with Crippen LogP contribution < -0.4 is 0 Å². The summed E-state index contributed by atoms with van der Waals surface area (Å²) in [5.74, 6) is 0.156. The molecular formula is C18H15BrO2. The molecule has 1 fully saturated rings. The van der Waals surface area contributed by atoms with Gasteiger partial charge in [-0.1, -0.05) is 52.3 Å². The first-order valence-corrected chi connectivity index (χ1v) is 8.06. The van der Waals surface area contributed by atoms with E-state index < -0.39 is 5.60 Å². The monoisotopic (exact) mass is 342 g/mol. The number of benzene rings is 2. The number of carbonyl (C=O) groups excluding carboxylic acids is 1. The SMILES string of the molecule is O=C1c2ccccc2CCC[C@@]12O[C@H]2c1ccc(Br)cc1. The largest absolute Gasteiger partial charge is 0.352 e. The summed E-state index contributed by atoms with van der Waals surface area (Å²) in [6.45, 7) is 0. The molecule has 2 aromatic carbocycles. The van der Waals surface area contributed by atoms with E-state index >= 15 is 0 Å². The summed E-state index contributed by atoms with van der Waals surface area (Å²) < 4.78 is 7.00. The van der Waals surface area contributed by atoms with E-state index in [1.807, 2.05) is 42.5 Å². The second-order valence-corrected chi connectivity index (χ2v) is 6.69. The highest BCUT2D eigenvalue weighted by Gasteiger charge is 2.62. The first kappa shape index (κ1) is 13.2. The fraction of sp³-hybridized carbons (Fsp3) is 0.278. The van der Waals surface area contributed by atoms with Gasteiger partial charge in [-0.05, 0) is 42.5 Å². The molecule has 1 aliphatic carbocycles. The van der Waals surface area contributed by atoms with Gasteiger partial charge in [-0.25, -0.2) is 0 Å². The number of Topliss-reactive ketones (excluding diaryl/α,β-unsaturated/α-hetero) is 1. The summed E-state index contributed by atoms with van der Waals surface area (Å²) >= 11 is 3.44. The van der Waals surface area contributed by atoms with Gasteiger partial charge in [-0.2, -0.15) is 0 Å². The number of epoxide rings is 1. The van der Waals surface area contributed by atoms with Gasteiger partial charge in [0.05, 0.1) is 0 Å². The molecule has 4 rings (SSSR count). The predicted molar refractivity (Wildman–Crippen MR) is 84.4 cm³/mol. The Labute approximate surface area is 132 Å². The Bertz CT molecular complexity index is 707. The highest BCUT2D eigenvalue weighted by Crippen LogP contribution is 2.55. The van der Waals surface area contributed by atoms with Crippen LogP contribution in [0.15, 0.2) is 53.0 Å². The van der Waals surface area contributed by atoms with E-state index in [0.29, 0.717) is 0 Å². The van der Waals surface area contributed by atoms with Crippen molar-refractivity contribution in [3.63, 3.8) is 0 Å². The third-order valence-corrected chi connectivity index (χ3v) is 5.04. The molecule has 1 spiro atoms. The highest BCUT2D eigenvalue weighted by molar-refractivity contribution is 9.10. The van der Waals surface area contributed by atoms with Crippen LogP contribution in [0, 0.1) is 0 Å². The van der Waals surface area contributed by atoms with E-state index in [-0.39, 0.29) is 11.9 Å². The second kappa shape index (κ2) is 4.79. The molecule has 1 saturated heterocycles. The number of ether oxygens (including phenoxy) is 1. The zero-order chi connectivity index (χ0) is 14.4. The molecule has 0 amide bonds. The lowest BCUT2D eigenvalue weighted by atomic mass is 9.89. The van der Waals surface area contributed by atoms with E-state index in [4.69, 9.17) is 4.74 Å². The van der Waals surface area contributed by atoms with Crippen molar-refractivity contribution in [1.82, 2.24) is 0 Å². The molecule has 0 saturated carbocycles. The summed E-state index contributed by atoms with van der Waals surface area (Å²) in [6.07, 6.45) is 2.67. The summed E-state index contributed by atoms with van der Waals surface area (Å²) in [5.41, 5.74) is 2.46. The third kappa shape index (κ3) is 2.07. The lowest BCUT2D eigenvalue weighted by Gasteiger charge is -2.09. The van der Waals surface area contributed by atoms with Crippen molar-refractivity contribution in [1.29, 1.82) is 0 Å². The summed E-state index contributed by atoms with van der Waals surface area (Å²) in [5, 5.41) is 0. The molecule has 1 heterocycles. The van der Waals surface area contributed by atoms with Crippen LogP contribution in [0.2, 0.25) is 0 Å². The number of carbonyl (C=O) groups is 1. The molecule has 2 nitrogen and oxygen atoms in total. The van der Waals surface area contributed by atoms with Crippen molar-refractivity contribution in [2.75, 3.05) is 0 Å². The van der Waals surface area contributed by atoms with Gasteiger partial charge < -0.3 is 4.74 Å². The van der Waals surface area contributed by atoms with Crippen molar-refractivity contribution < 1.29 is 9.53 Å². The van der Waals surface area contributed by atoms with Crippen LogP contribution in [0.4, 0.5) is 0 Å². The van der Waals surface area contributed by atoms with Crippen LogP contribution in [-0.4, -0.2) is 11.4 Å². The predicted octanol–water partition coefficient (Wildman–Crippen LogP) is 4.48. The fourth-order valence-electron chi connectivity index (χ4n) is 3.36. The minimum Gasteiger partial charge on any atom is -0.352 e. The maximum atomic E-state index is 12.9. The second-order valence-electron chi connectivity index (χ2n) is 5.78. The number of aryl methyl sites for hydroxylation is 1. The zero-order valence-electron chi connectivity index (χ0n) is 11.5. The quantitative estimate of drug-likeness (QED) is 0.715. The molecule has 0 N–H and O–H groups in total. The molecule has 2 aliphatic rings. The Morgan fingerprint density at radius 2 is 1.86 bits per heavy atom. The van der Waals surface area contributed by atoms with Gasteiger partial charge in [0.2, 0.25) is 0 Å². The molecule has 0 unspecified atom stereocenters. The molecule has 21 heavy (non-hydrogen) atoms. The number of fused-ring (bicyclic) bond motifs is 1. The van der Waals surface area contributed by atoms with Crippen molar-refractivity contribution in [2.24, 2.45) is 0 Å². The molecule has 2 atom stereocenters. The molecule has 0 aromatic heterocycles. The van der Waals surface area contributed by atoms with Gasteiger partial charge in [0.25, 0.3) is 0 Å². The highest BCUT2D eigenvalue weighted by atomic mass is 79.9. The Kier molecular flexibility index (Phi) is 3.02. The molecule has 0 radical (unpaired) electrons. The lowest BCUT2D eigenvalue weighted by Crippen LogP contribution is -2.24. The van der Waals surface area contributed by atoms with Crippen LogP contribution in [0.25, 0.3) is 0 Å². The molecule has 0 bridgehead atoms. The molecular weight excluding hydrogens is 328 g/mol. The Morgan fingerprint density at radius 1 is 1.10 bits per heavy atom. The van der Waals surface area contributed by atoms with Crippen molar-refractivity contribution in [2.45, 2.75) is 31.0 Å². The van der Waals surface area contributed by atoms with Gasteiger partial charge in [0.1, 0.15) is 6.10 Å². The number of ketones is 1. The smallest absolute Gasteiger partial charge is 0.197 e. The summed E-state index contributed by atoms with van der Waals surface area (Å²) in [7, 11) is 0. The molecule has 1 aliphatic heterocycles. The van der Waals surface area contributed by atoms with E-state index in [0.717, 1.165) is 40.4 Å². The summed E-state index contributed by atoms with van der Waals surface area (Å²) in [6, 6.07) is 16.0. The van der Waals surface area contributed by atoms with Gasteiger partial charge in [0.15, 0.2) is 11.4 Å². The minimum absolute atomic E-state index is 0.0933. The number of hydrogen-bond donors (Lipinski definition) is 0. The molecule has 2 aromatic rings. The van der Waals surface area contributed by atoms with Crippen molar-refractivity contribution >= 4 is 21.7 Å². The standard InChI is InChI=1S/C18H15BrO2/c19-14-9-7-13(8-10-14)17-18(21-17)11-3-5-12-4-1-2-6-15(12)16(18)20/h1-2,4,6-10,17H,3,5,11H2/t17-,18+/m0/s1. The van der Waals surface area contributed by atoms with E-state index in [1.54, 1.807) is 0 Å². The molecule has 3 heteroatoms. The average molecular weight is 343 g/mol. The Balaban J connectivity index is 1.70. The van der Waals surface area contributed by atoms with Gasteiger partial charge in [-0.3, -0.25) is 4.79 Å². The number of halogens is 1. The maximum Gasteiger partial charge on any atom is 0.197 e.